The van der Waals surface area contributed by atoms with E-state index in [2.05, 4.69) is 35.4 Å². The Bertz CT molecular complexity index is 477. The number of nitrogens with zero attached hydrogens (tertiary/aromatic N) is 1. The van der Waals surface area contributed by atoms with Gasteiger partial charge in [0, 0.05) is 25.4 Å². The minimum atomic E-state index is 0. The molecule has 0 saturated carbocycles. The number of nitrogens with one attached hydrogen (secondary N) is 1. The van der Waals surface area contributed by atoms with Crippen LogP contribution in [-0.4, -0.2) is 25.7 Å². The van der Waals surface area contributed by atoms with Gasteiger partial charge in [0.05, 0.1) is 0 Å². The van der Waals surface area contributed by atoms with Gasteiger partial charge >= 0.3 is 0 Å². The van der Waals surface area contributed by atoms with E-state index in [1.54, 1.807) is 0 Å². The van der Waals surface area contributed by atoms with E-state index in [0.29, 0.717) is 12.5 Å². The van der Waals surface area contributed by atoms with Crippen molar-refractivity contribution >= 4 is 35.6 Å². The fraction of sp³-hybridized carbons (Fsp3) is 0.588. The third kappa shape index (κ3) is 6.52. The topological polar surface area (TPSA) is 59.6 Å². The average Bonchev–Trinajstić information content (AvgIpc) is 2.94. The Morgan fingerprint density at radius 2 is 2.00 bits per heavy atom. The van der Waals surface area contributed by atoms with E-state index in [1.807, 2.05) is 0 Å². The van der Waals surface area contributed by atoms with Crippen LogP contribution < -0.4 is 11.1 Å². The van der Waals surface area contributed by atoms with Gasteiger partial charge in [0.2, 0.25) is 0 Å². The summed E-state index contributed by atoms with van der Waals surface area (Å²) in [5, 5.41) is 3.17. The first-order valence-electron chi connectivity index (χ1n) is 8.06. The molecule has 0 fully saturated rings. The average molecular weight is 417 g/mol. The molecule has 0 saturated heterocycles. The van der Waals surface area contributed by atoms with E-state index < -0.39 is 0 Å². The standard InChI is InChI=1S/C17H27N3O.HI/c1-2-3-11-21-12-5-10-19-17(18)20-16-9-8-14-6-4-7-15(14)13-16;/h8-9,13H,2-7,10-12H2,1H3,(H3,18,19,20);1H. The summed E-state index contributed by atoms with van der Waals surface area (Å²) in [6.45, 7) is 4.48. The molecule has 124 valence electrons. The van der Waals surface area contributed by atoms with E-state index in [1.165, 1.54) is 36.8 Å². The highest BCUT2D eigenvalue weighted by Gasteiger charge is 2.10. The molecule has 0 unspecified atom stereocenters. The molecule has 1 aromatic carbocycles. The van der Waals surface area contributed by atoms with Gasteiger partial charge in [0.15, 0.2) is 5.96 Å². The van der Waals surface area contributed by atoms with Crippen molar-refractivity contribution in [1.29, 1.82) is 0 Å². The Morgan fingerprint density at radius 3 is 2.82 bits per heavy atom. The molecule has 0 heterocycles. The van der Waals surface area contributed by atoms with Crippen LogP contribution in [0.4, 0.5) is 5.69 Å². The number of nitrogens with two attached hydrogens (primary N) is 1. The summed E-state index contributed by atoms with van der Waals surface area (Å²) in [4.78, 5) is 4.33. The smallest absolute Gasteiger partial charge is 0.193 e. The normalized spacial score (nSPS) is 13.6. The first-order valence-corrected chi connectivity index (χ1v) is 8.06. The maximum atomic E-state index is 5.91. The van der Waals surface area contributed by atoms with Gasteiger partial charge in [0.1, 0.15) is 0 Å². The number of fused-ring (bicyclic) bond motifs is 1. The third-order valence-corrected chi connectivity index (χ3v) is 3.74. The minimum absolute atomic E-state index is 0. The molecule has 4 nitrogen and oxygen atoms in total. The lowest BCUT2D eigenvalue weighted by Crippen LogP contribution is -2.23. The zero-order valence-electron chi connectivity index (χ0n) is 13.4. The number of anilines is 1. The zero-order chi connectivity index (χ0) is 14.9. The maximum absolute atomic E-state index is 5.91. The van der Waals surface area contributed by atoms with Crippen LogP contribution in [-0.2, 0) is 17.6 Å². The van der Waals surface area contributed by atoms with Gasteiger partial charge in [-0.1, -0.05) is 19.4 Å². The van der Waals surface area contributed by atoms with Crippen molar-refractivity contribution in [2.75, 3.05) is 25.1 Å². The molecular weight excluding hydrogens is 389 g/mol. The molecule has 2 rings (SSSR count). The van der Waals surface area contributed by atoms with Gasteiger partial charge in [-0.15, -0.1) is 24.0 Å². The summed E-state index contributed by atoms with van der Waals surface area (Å²) >= 11 is 0. The largest absolute Gasteiger partial charge is 0.381 e. The summed E-state index contributed by atoms with van der Waals surface area (Å²) in [5.41, 5.74) is 9.86. The molecule has 1 aromatic rings. The number of ether oxygens (including phenoxy) is 1. The van der Waals surface area contributed by atoms with Crippen molar-refractivity contribution in [3.63, 3.8) is 0 Å². The van der Waals surface area contributed by atoms with Crippen LogP contribution in [0, 0.1) is 0 Å². The van der Waals surface area contributed by atoms with Crippen LogP contribution >= 0.6 is 24.0 Å². The number of guanidine groups is 1. The van der Waals surface area contributed by atoms with E-state index in [9.17, 15) is 0 Å². The lowest BCUT2D eigenvalue weighted by Gasteiger charge is -2.08. The number of hydrogen-bond donors (Lipinski definition) is 2. The number of aliphatic imine (C=N–C) groups is 1. The Hall–Kier alpha value is -0.820. The predicted molar refractivity (Wildman–Crippen MR) is 104 cm³/mol. The molecule has 0 spiro atoms. The zero-order valence-corrected chi connectivity index (χ0v) is 15.8. The van der Waals surface area contributed by atoms with Crippen molar-refractivity contribution in [1.82, 2.24) is 0 Å². The molecule has 0 amide bonds. The fourth-order valence-corrected chi connectivity index (χ4v) is 2.55. The lowest BCUT2D eigenvalue weighted by molar-refractivity contribution is 0.130. The molecule has 22 heavy (non-hydrogen) atoms. The van der Waals surface area contributed by atoms with Crippen LogP contribution in [0.15, 0.2) is 23.2 Å². The molecule has 0 atom stereocenters. The molecule has 0 aliphatic heterocycles. The van der Waals surface area contributed by atoms with Crippen LogP contribution in [0.3, 0.4) is 0 Å². The van der Waals surface area contributed by atoms with Crippen molar-refractivity contribution in [2.45, 2.75) is 45.4 Å². The second-order valence-electron chi connectivity index (χ2n) is 5.55. The summed E-state index contributed by atoms with van der Waals surface area (Å²) in [7, 11) is 0. The van der Waals surface area contributed by atoms with Crippen LogP contribution in [0.2, 0.25) is 0 Å². The van der Waals surface area contributed by atoms with Gasteiger partial charge in [-0.2, -0.15) is 0 Å². The highest BCUT2D eigenvalue weighted by atomic mass is 127. The Labute approximate surface area is 150 Å². The molecule has 0 aromatic heterocycles. The number of aryl methyl sites for hydroxylation is 2. The molecule has 1 aliphatic rings. The van der Waals surface area contributed by atoms with Gasteiger partial charge in [0.25, 0.3) is 0 Å². The third-order valence-electron chi connectivity index (χ3n) is 3.74. The number of hydrogen-bond acceptors (Lipinski definition) is 2. The molecule has 1 aliphatic carbocycles. The fourth-order valence-electron chi connectivity index (χ4n) is 2.55. The quantitative estimate of drug-likeness (QED) is 0.293. The van der Waals surface area contributed by atoms with Crippen LogP contribution in [0.25, 0.3) is 0 Å². The van der Waals surface area contributed by atoms with Crippen LogP contribution in [0.1, 0.15) is 43.7 Å². The van der Waals surface area contributed by atoms with Crippen molar-refractivity contribution in [3.8, 4) is 0 Å². The summed E-state index contributed by atoms with van der Waals surface area (Å²) < 4.78 is 5.49. The summed E-state index contributed by atoms with van der Waals surface area (Å²) in [6.07, 6.45) is 6.87. The second kappa shape index (κ2) is 10.8. The number of unbranched alkanes of at least 4 members (excludes halogenated alkanes) is 1. The minimum Gasteiger partial charge on any atom is -0.381 e. The SMILES string of the molecule is CCCCOCCCN=C(N)Nc1ccc2c(c1)CCC2.I. The Kier molecular flexibility index (Phi) is 9.47. The summed E-state index contributed by atoms with van der Waals surface area (Å²) in [6, 6.07) is 6.47. The molecule has 0 radical (unpaired) electrons. The van der Waals surface area contributed by atoms with E-state index in [4.69, 9.17) is 10.5 Å². The monoisotopic (exact) mass is 417 g/mol. The number of halogens is 1. The lowest BCUT2D eigenvalue weighted by atomic mass is 10.1. The molecule has 5 heteroatoms. The number of rotatable bonds is 8. The Morgan fingerprint density at radius 1 is 1.23 bits per heavy atom. The van der Waals surface area contributed by atoms with Crippen molar-refractivity contribution in [2.24, 2.45) is 10.7 Å². The maximum Gasteiger partial charge on any atom is 0.193 e. The van der Waals surface area contributed by atoms with E-state index in [0.717, 1.165) is 31.7 Å². The van der Waals surface area contributed by atoms with Crippen LogP contribution in [0.5, 0.6) is 0 Å². The number of benzene rings is 1. The van der Waals surface area contributed by atoms with Gasteiger partial charge in [-0.05, 0) is 55.4 Å². The van der Waals surface area contributed by atoms with Crippen molar-refractivity contribution < 1.29 is 4.74 Å². The van der Waals surface area contributed by atoms with E-state index >= 15 is 0 Å². The summed E-state index contributed by atoms with van der Waals surface area (Å²) in [5.74, 6) is 0.488. The first-order chi connectivity index (χ1) is 10.3. The van der Waals surface area contributed by atoms with Crippen molar-refractivity contribution in [3.05, 3.63) is 29.3 Å². The van der Waals surface area contributed by atoms with Gasteiger partial charge < -0.3 is 15.8 Å². The predicted octanol–water partition coefficient (Wildman–Crippen LogP) is 3.73. The van der Waals surface area contributed by atoms with E-state index in [-0.39, 0.29) is 24.0 Å². The first kappa shape index (κ1) is 19.2. The van der Waals surface area contributed by atoms with Gasteiger partial charge in [-0.3, -0.25) is 4.99 Å². The highest BCUT2D eigenvalue weighted by Crippen LogP contribution is 2.24. The second-order valence-corrected chi connectivity index (χ2v) is 5.55. The van der Waals surface area contributed by atoms with Gasteiger partial charge in [-0.25, -0.2) is 0 Å². The Balaban J connectivity index is 0.00000242. The molecular formula is C17H28IN3O. The molecule has 0 bridgehead atoms. The highest BCUT2D eigenvalue weighted by molar-refractivity contribution is 14.0. The molecule has 3 N–H and O–H groups in total.